The molecule has 3 aliphatic heterocycles. The van der Waals surface area contributed by atoms with E-state index in [1.165, 1.54) is 44.6 Å². The number of aromatic hydroxyl groups is 1. The molecule has 1 aromatic carbocycles. The van der Waals surface area contributed by atoms with Crippen LogP contribution in [-0.4, -0.2) is 106 Å². The lowest BCUT2D eigenvalue weighted by molar-refractivity contribution is -0.344. The molecule has 0 amide bonds. The Kier molecular flexibility index (Phi) is 7.82. The predicted octanol–water partition coefficient (Wildman–Crippen LogP) is -1.31. The number of aliphatic hydroxyl groups excluding tert-OH is 5. The van der Waals surface area contributed by atoms with Gasteiger partial charge in [-0.3, -0.25) is 0 Å². The van der Waals surface area contributed by atoms with Gasteiger partial charge in [-0.15, -0.1) is 0 Å². The number of esters is 2. The molecule has 6 N–H and O–H groups in total. The average Bonchev–Trinajstić information content (AvgIpc) is 3.52. The average molecular weight is 579 g/mol. The normalized spacial score (nSPS) is 36.6. The lowest BCUT2D eigenvalue weighted by Gasteiger charge is -2.44. The first-order valence-corrected chi connectivity index (χ1v) is 12.7. The molecule has 41 heavy (non-hydrogen) atoms. The van der Waals surface area contributed by atoms with Crippen LogP contribution in [0.2, 0.25) is 0 Å². The highest BCUT2D eigenvalue weighted by atomic mass is 16.8. The van der Waals surface area contributed by atoms with Gasteiger partial charge >= 0.3 is 11.9 Å². The molecule has 1 fully saturated rings. The quantitative estimate of drug-likeness (QED) is 0.164. The number of rotatable bonds is 7. The number of carbonyl (C=O) groups is 2. The first kappa shape index (κ1) is 29.0. The van der Waals surface area contributed by atoms with Crippen molar-refractivity contribution < 1.29 is 68.6 Å². The minimum atomic E-state index is -1.75. The molecular weight excluding hydrogens is 548 g/mol. The number of phenols is 1. The van der Waals surface area contributed by atoms with E-state index in [0.717, 1.165) is 6.26 Å². The second-order valence-electron chi connectivity index (χ2n) is 9.99. The Labute approximate surface area is 233 Å². The van der Waals surface area contributed by atoms with Crippen LogP contribution >= 0.6 is 0 Å². The van der Waals surface area contributed by atoms with Gasteiger partial charge in [0, 0.05) is 5.92 Å². The zero-order valence-corrected chi connectivity index (χ0v) is 21.9. The summed E-state index contributed by atoms with van der Waals surface area (Å²) in [5.74, 6) is -3.50. The van der Waals surface area contributed by atoms with Crippen molar-refractivity contribution in [2.75, 3.05) is 20.8 Å². The van der Waals surface area contributed by atoms with Crippen molar-refractivity contribution in [1.29, 1.82) is 0 Å². The van der Waals surface area contributed by atoms with E-state index in [9.17, 15) is 40.2 Å². The number of fused-ring (bicyclic) bond motifs is 2. The van der Waals surface area contributed by atoms with E-state index in [0.29, 0.717) is 0 Å². The van der Waals surface area contributed by atoms with Gasteiger partial charge in [0.1, 0.15) is 30.5 Å². The largest absolute Gasteiger partial charge is 0.504 e. The third-order valence-electron chi connectivity index (χ3n) is 7.69. The van der Waals surface area contributed by atoms with Gasteiger partial charge in [-0.25, -0.2) is 9.59 Å². The van der Waals surface area contributed by atoms with E-state index in [4.69, 9.17) is 28.4 Å². The summed E-state index contributed by atoms with van der Waals surface area (Å²) in [5.41, 5.74) is -1.46. The van der Waals surface area contributed by atoms with Gasteiger partial charge in [0.05, 0.1) is 44.2 Å². The summed E-state index contributed by atoms with van der Waals surface area (Å²) in [6.45, 7) is -0.691. The molecule has 5 rings (SSSR count). The van der Waals surface area contributed by atoms with Crippen LogP contribution < -0.4 is 4.74 Å². The van der Waals surface area contributed by atoms with Gasteiger partial charge in [0.15, 0.2) is 23.4 Å². The molecule has 14 heteroatoms. The topological polar surface area (TPSA) is 211 Å². The van der Waals surface area contributed by atoms with E-state index in [1.54, 1.807) is 6.08 Å². The number of benzene rings is 1. The molecule has 0 radical (unpaired) electrons. The van der Waals surface area contributed by atoms with Crippen molar-refractivity contribution in [2.24, 2.45) is 11.8 Å². The van der Waals surface area contributed by atoms with Crippen molar-refractivity contribution in [3.05, 3.63) is 59.4 Å². The maximum absolute atomic E-state index is 13.1. The van der Waals surface area contributed by atoms with Crippen LogP contribution in [0, 0.1) is 11.8 Å². The molecule has 1 spiro atoms. The van der Waals surface area contributed by atoms with Crippen LogP contribution in [0.25, 0.3) is 0 Å². The number of carbonyl (C=O) groups excluding carboxylic acids is 2. The summed E-state index contributed by atoms with van der Waals surface area (Å²) in [6, 6.07) is 4.06. The minimum Gasteiger partial charge on any atom is -0.504 e. The Morgan fingerprint density at radius 2 is 1.88 bits per heavy atom. The third-order valence-corrected chi connectivity index (χ3v) is 7.69. The van der Waals surface area contributed by atoms with Gasteiger partial charge in [-0.2, -0.15) is 0 Å². The number of hydrogen-bond acceptors (Lipinski definition) is 14. The monoisotopic (exact) mass is 578 g/mol. The standard InChI is InChI=1S/C27H30O14/c1-36-16-7-11(3-4-15(16)29)19(30)13-8-27(41-24(13)35)6-5-12-14(23(34)37-2)10-38-25(18(12)27)40-26-22(33)21(32)20(31)17(9-28)39-26/h3-8,10,12,17-22,25-26,28-33H,9H2,1-2H3/t12-,17-,18-,19?,20-,21+,22-,25+,26+,27-/m1/s1. The second-order valence-corrected chi connectivity index (χ2v) is 9.99. The van der Waals surface area contributed by atoms with Gasteiger partial charge in [0.2, 0.25) is 6.29 Å². The maximum Gasteiger partial charge on any atom is 0.338 e. The second kappa shape index (κ2) is 11.1. The number of aliphatic hydroxyl groups is 5. The van der Waals surface area contributed by atoms with Crippen LogP contribution in [0.4, 0.5) is 0 Å². The van der Waals surface area contributed by atoms with Crippen molar-refractivity contribution >= 4 is 11.9 Å². The van der Waals surface area contributed by atoms with E-state index in [2.05, 4.69) is 0 Å². The van der Waals surface area contributed by atoms with Gasteiger partial charge < -0.3 is 59.1 Å². The number of hydrogen-bond donors (Lipinski definition) is 6. The summed E-state index contributed by atoms with van der Waals surface area (Å²) in [4.78, 5) is 25.7. The Balaban J connectivity index is 1.49. The highest BCUT2D eigenvalue weighted by Crippen LogP contribution is 2.51. The molecular formula is C27H30O14. The highest BCUT2D eigenvalue weighted by molar-refractivity contribution is 5.94. The lowest BCUT2D eigenvalue weighted by Crippen LogP contribution is -2.60. The van der Waals surface area contributed by atoms with E-state index >= 15 is 0 Å². The Morgan fingerprint density at radius 1 is 1.12 bits per heavy atom. The fourth-order valence-electron chi connectivity index (χ4n) is 5.51. The molecule has 1 aromatic rings. The lowest BCUT2D eigenvalue weighted by atomic mass is 9.78. The van der Waals surface area contributed by atoms with Crippen LogP contribution in [-0.2, 0) is 33.3 Å². The molecule has 14 nitrogen and oxygen atoms in total. The van der Waals surface area contributed by atoms with Gasteiger partial charge in [-0.1, -0.05) is 12.1 Å². The molecule has 1 unspecified atom stereocenters. The third kappa shape index (κ3) is 4.86. The molecule has 222 valence electrons. The minimum absolute atomic E-state index is 0.0704. The van der Waals surface area contributed by atoms with Crippen molar-refractivity contribution in [2.45, 2.75) is 48.7 Å². The summed E-state index contributed by atoms with van der Waals surface area (Å²) >= 11 is 0. The number of allylic oxidation sites excluding steroid dienone is 1. The number of ether oxygens (including phenoxy) is 6. The van der Waals surface area contributed by atoms with Crippen LogP contribution in [0.3, 0.4) is 0 Å². The zero-order valence-electron chi connectivity index (χ0n) is 21.9. The molecule has 0 bridgehead atoms. The SMILES string of the molecule is COC(=O)C1=CO[C@@H](O[C@@H]2O[C@H](CO)[C@@H](O)[C@H](O)[C@H]2O)[C@H]2[C@@H]1C=C[C@@]21C=C(C(O)c2ccc(O)c(OC)c2)C(=O)O1. The highest BCUT2D eigenvalue weighted by Gasteiger charge is 2.60. The summed E-state index contributed by atoms with van der Waals surface area (Å²) in [7, 11) is 2.51. The molecule has 10 atom stereocenters. The summed E-state index contributed by atoms with van der Waals surface area (Å²) in [5, 5.41) is 61.3. The van der Waals surface area contributed by atoms with E-state index in [-0.39, 0.29) is 28.2 Å². The van der Waals surface area contributed by atoms with Gasteiger partial charge in [-0.05, 0) is 29.8 Å². The fraction of sp³-hybridized carbons (Fsp3) is 0.481. The molecule has 0 saturated carbocycles. The maximum atomic E-state index is 13.1. The van der Waals surface area contributed by atoms with Crippen molar-refractivity contribution in [1.82, 2.24) is 0 Å². The van der Waals surface area contributed by atoms with Crippen LogP contribution in [0.15, 0.2) is 53.8 Å². The summed E-state index contributed by atoms with van der Waals surface area (Å²) in [6.07, 6.45) is -5.27. The molecule has 3 heterocycles. The van der Waals surface area contributed by atoms with Crippen LogP contribution in [0.5, 0.6) is 11.5 Å². The number of methoxy groups -OCH3 is 2. The Bertz CT molecular complexity index is 1290. The van der Waals surface area contributed by atoms with Crippen molar-refractivity contribution in [3.63, 3.8) is 0 Å². The molecule has 0 aromatic heterocycles. The predicted molar refractivity (Wildman–Crippen MR) is 132 cm³/mol. The van der Waals surface area contributed by atoms with Crippen molar-refractivity contribution in [3.8, 4) is 11.5 Å². The molecule has 1 aliphatic carbocycles. The number of phenolic OH excluding ortho intramolecular Hbond substituents is 1. The zero-order chi connectivity index (χ0) is 29.6. The molecule has 4 aliphatic rings. The first-order valence-electron chi connectivity index (χ1n) is 12.7. The summed E-state index contributed by atoms with van der Waals surface area (Å²) < 4.78 is 32.8. The first-order chi connectivity index (χ1) is 19.5. The Hall–Kier alpha value is -3.50. The van der Waals surface area contributed by atoms with Crippen LogP contribution in [0.1, 0.15) is 11.7 Å². The van der Waals surface area contributed by atoms with E-state index < -0.39 is 79.1 Å². The van der Waals surface area contributed by atoms with Gasteiger partial charge in [0.25, 0.3) is 0 Å². The Morgan fingerprint density at radius 3 is 2.56 bits per heavy atom. The van der Waals surface area contributed by atoms with E-state index in [1.807, 2.05) is 0 Å². The fourth-order valence-corrected chi connectivity index (χ4v) is 5.51. The molecule has 1 saturated heterocycles. The smallest absolute Gasteiger partial charge is 0.338 e.